The summed E-state index contributed by atoms with van der Waals surface area (Å²) in [5.41, 5.74) is 8.13. The number of rotatable bonds is 12. The summed E-state index contributed by atoms with van der Waals surface area (Å²) >= 11 is 1.60. The Balaban J connectivity index is 1.91. The second-order valence-electron chi connectivity index (χ2n) is 7.80. The molecule has 9 heteroatoms. The van der Waals surface area contributed by atoms with Crippen LogP contribution in [-0.2, 0) is 11.3 Å². The van der Waals surface area contributed by atoms with Crippen molar-refractivity contribution in [1.82, 2.24) is 20.9 Å². The van der Waals surface area contributed by atoms with Gasteiger partial charge in [0.2, 0.25) is 0 Å². The van der Waals surface area contributed by atoms with Crippen LogP contribution < -0.4 is 21.7 Å². The van der Waals surface area contributed by atoms with E-state index in [-0.39, 0.29) is 24.0 Å². The first-order valence-corrected chi connectivity index (χ1v) is 11.7. The summed E-state index contributed by atoms with van der Waals surface area (Å²) in [6, 6.07) is 7.22. The summed E-state index contributed by atoms with van der Waals surface area (Å²) < 4.78 is 5.02. The molecule has 2 rings (SSSR count). The van der Waals surface area contributed by atoms with Crippen LogP contribution in [0.15, 0.2) is 35.4 Å². The van der Waals surface area contributed by atoms with Crippen molar-refractivity contribution >= 4 is 23.7 Å². The standard InChI is InChI=1S/C22H35N5O3S/c1-16(2)25-22(29)27(11-4-9-24-10-12-30-3)13-17-5-7-18(8-6-17)21(28)26-20-15-31-14-19(20)23/h5-8,14,16,20,24H,4,9-13,15,23H2,1-3H3,(H,25,29)(H,26,28). The van der Waals surface area contributed by atoms with Gasteiger partial charge in [-0.25, -0.2) is 4.79 Å². The predicted octanol–water partition coefficient (Wildman–Crippen LogP) is 1.88. The summed E-state index contributed by atoms with van der Waals surface area (Å²) in [6.45, 7) is 7.27. The van der Waals surface area contributed by atoms with Gasteiger partial charge in [-0.3, -0.25) is 4.79 Å². The van der Waals surface area contributed by atoms with Gasteiger partial charge in [0.05, 0.1) is 12.6 Å². The highest BCUT2D eigenvalue weighted by Gasteiger charge is 2.20. The average Bonchev–Trinajstić information content (AvgIpc) is 3.14. The van der Waals surface area contributed by atoms with Crippen LogP contribution in [0, 0.1) is 0 Å². The molecule has 8 nitrogen and oxygen atoms in total. The molecule has 0 aliphatic carbocycles. The third kappa shape index (κ3) is 8.80. The lowest BCUT2D eigenvalue weighted by atomic mass is 10.1. The molecule has 0 bridgehead atoms. The van der Waals surface area contributed by atoms with Gasteiger partial charge in [-0.2, -0.15) is 0 Å². The van der Waals surface area contributed by atoms with E-state index in [1.54, 1.807) is 35.9 Å². The molecule has 0 saturated heterocycles. The molecule has 1 aromatic carbocycles. The zero-order chi connectivity index (χ0) is 22.6. The summed E-state index contributed by atoms with van der Waals surface area (Å²) in [5.74, 6) is 0.613. The summed E-state index contributed by atoms with van der Waals surface area (Å²) in [7, 11) is 1.68. The fourth-order valence-corrected chi connectivity index (χ4v) is 3.97. The smallest absolute Gasteiger partial charge is 0.317 e. The maximum atomic E-state index is 12.6. The highest BCUT2D eigenvalue weighted by atomic mass is 32.2. The zero-order valence-corrected chi connectivity index (χ0v) is 19.5. The van der Waals surface area contributed by atoms with E-state index in [4.69, 9.17) is 10.5 Å². The molecule has 31 heavy (non-hydrogen) atoms. The SMILES string of the molecule is COCCNCCCN(Cc1ccc(C(=O)NC2CSC=C2N)cc1)C(=O)NC(C)C. The van der Waals surface area contributed by atoms with Crippen molar-refractivity contribution in [3.05, 3.63) is 46.5 Å². The number of nitrogens with zero attached hydrogens (tertiary/aromatic N) is 1. The number of hydrogen-bond donors (Lipinski definition) is 4. The minimum absolute atomic E-state index is 0.0659. The van der Waals surface area contributed by atoms with E-state index in [9.17, 15) is 9.59 Å². The van der Waals surface area contributed by atoms with Crippen LogP contribution in [0.3, 0.4) is 0 Å². The molecule has 5 N–H and O–H groups in total. The van der Waals surface area contributed by atoms with Gasteiger partial charge >= 0.3 is 6.03 Å². The van der Waals surface area contributed by atoms with Crippen LogP contribution >= 0.6 is 11.8 Å². The van der Waals surface area contributed by atoms with Crippen molar-refractivity contribution in [3.8, 4) is 0 Å². The monoisotopic (exact) mass is 449 g/mol. The lowest BCUT2D eigenvalue weighted by molar-refractivity contribution is 0.0946. The van der Waals surface area contributed by atoms with Gasteiger partial charge in [-0.05, 0) is 49.9 Å². The molecule has 0 fully saturated rings. The molecule has 1 heterocycles. The molecule has 0 saturated carbocycles. The first-order chi connectivity index (χ1) is 14.9. The summed E-state index contributed by atoms with van der Waals surface area (Å²) in [4.78, 5) is 26.9. The Kier molecular flexibility index (Phi) is 10.7. The normalized spacial score (nSPS) is 15.6. The molecule has 1 aliphatic heterocycles. The van der Waals surface area contributed by atoms with Crippen LogP contribution in [0.2, 0.25) is 0 Å². The molecule has 1 unspecified atom stereocenters. The maximum absolute atomic E-state index is 12.6. The van der Waals surface area contributed by atoms with Crippen molar-refractivity contribution < 1.29 is 14.3 Å². The van der Waals surface area contributed by atoms with Crippen LogP contribution in [0.25, 0.3) is 0 Å². The van der Waals surface area contributed by atoms with E-state index in [1.807, 2.05) is 31.4 Å². The molecule has 172 valence electrons. The van der Waals surface area contributed by atoms with E-state index in [2.05, 4.69) is 16.0 Å². The number of nitrogens with one attached hydrogen (secondary N) is 3. The zero-order valence-electron chi connectivity index (χ0n) is 18.6. The lowest BCUT2D eigenvalue weighted by Gasteiger charge is -2.25. The molecular weight excluding hydrogens is 414 g/mol. The quantitative estimate of drug-likeness (QED) is 0.363. The van der Waals surface area contributed by atoms with Gasteiger partial charge in [0.15, 0.2) is 0 Å². The Hall–Kier alpha value is -2.23. The van der Waals surface area contributed by atoms with E-state index in [0.717, 1.165) is 30.8 Å². The molecular formula is C22H35N5O3S. The van der Waals surface area contributed by atoms with Crippen LogP contribution in [-0.4, -0.2) is 68.0 Å². The van der Waals surface area contributed by atoms with Gasteiger partial charge in [-0.15, -0.1) is 11.8 Å². The molecule has 0 radical (unpaired) electrons. The third-order valence-corrected chi connectivity index (χ3v) is 5.71. The highest BCUT2D eigenvalue weighted by Crippen LogP contribution is 2.19. The molecule has 0 aromatic heterocycles. The molecule has 0 spiro atoms. The predicted molar refractivity (Wildman–Crippen MR) is 126 cm³/mol. The first kappa shape index (κ1) is 25.0. The number of nitrogens with two attached hydrogens (primary N) is 1. The van der Waals surface area contributed by atoms with Crippen LogP contribution in [0.1, 0.15) is 36.2 Å². The van der Waals surface area contributed by atoms with Crippen molar-refractivity contribution in [1.29, 1.82) is 0 Å². The second kappa shape index (κ2) is 13.2. The Labute approximate surface area is 189 Å². The number of carbonyl (C=O) groups is 2. The number of amides is 3. The lowest BCUT2D eigenvalue weighted by Crippen LogP contribution is -2.43. The van der Waals surface area contributed by atoms with E-state index in [0.29, 0.717) is 31.0 Å². The molecule has 1 aromatic rings. The fraction of sp³-hybridized carbons (Fsp3) is 0.545. The van der Waals surface area contributed by atoms with Gasteiger partial charge in [0.1, 0.15) is 0 Å². The Morgan fingerprint density at radius 3 is 2.61 bits per heavy atom. The van der Waals surface area contributed by atoms with Gasteiger partial charge in [0, 0.05) is 49.8 Å². The van der Waals surface area contributed by atoms with Crippen molar-refractivity contribution in [2.45, 2.75) is 38.9 Å². The van der Waals surface area contributed by atoms with Crippen molar-refractivity contribution in [2.75, 3.05) is 39.1 Å². The first-order valence-electron chi connectivity index (χ1n) is 10.6. The van der Waals surface area contributed by atoms with E-state index < -0.39 is 0 Å². The molecule has 1 atom stereocenters. The average molecular weight is 450 g/mol. The number of benzene rings is 1. The van der Waals surface area contributed by atoms with Gasteiger partial charge in [0.25, 0.3) is 5.91 Å². The minimum Gasteiger partial charge on any atom is -0.400 e. The molecule has 3 amide bonds. The van der Waals surface area contributed by atoms with Gasteiger partial charge < -0.3 is 31.3 Å². The summed E-state index contributed by atoms with van der Waals surface area (Å²) in [5, 5.41) is 11.1. The van der Waals surface area contributed by atoms with Crippen molar-refractivity contribution in [3.63, 3.8) is 0 Å². The number of methoxy groups -OCH3 is 1. The maximum Gasteiger partial charge on any atom is 0.317 e. The van der Waals surface area contributed by atoms with Crippen LogP contribution in [0.5, 0.6) is 0 Å². The topological polar surface area (TPSA) is 109 Å². The number of urea groups is 1. The summed E-state index contributed by atoms with van der Waals surface area (Å²) in [6.07, 6.45) is 0.837. The number of carbonyl (C=O) groups excluding carboxylic acids is 2. The Bertz CT molecular complexity index is 739. The van der Waals surface area contributed by atoms with Crippen molar-refractivity contribution in [2.24, 2.45) is 5.73 Å². The highest BCUT2D eigenvalue weighted by molar-refractivity contribution is 8.02. The van der Waals surface area contributed by atoms with Crippen LogP contribution in [0.4, 0.5) is 4.79 Å². The fourth-order valence-electron chi connectivity index (χ4n) is 3.05. The van der Waals surface area contributed by atoms with E-state index >= 15 is 0 Å². The Morgan fingerprint density at radius 2 is 2.00 bits per heavy atom. The second-order valence-corrected chi connectivity index (χ2v) is 8.70. The molecule has 1 aliphatic rings. The van der Waals surface area contributed by atoms with E-state index in [1.165, 1.54) is 0 Å². The third-order valence-electron chi connectivity index (χ3n) is 4.74. The van der Waals surface area contributed by atoms with Gasteiger partial charge in [-0.1, -0.05) is 12.1 Å². The minimum atomic E-state index is -0.146. The number of thioether (sulfide) groups is 1. The Morgan fingerprint density at radius 1 is 1.26 bits per heavy atom. The number of hydrogen-bond acceptors (Lipinski definition) is 6. The number of ether oxygens (including phenoxy) is 1. The largest absolute Gasteiger partial charge is 0.400 e.